The Morgan fingerprint density at radius 3 is 2.54 bits per heavy atom. The number of hydrogen-bond donors (Lipinski definition) is 1. The first kappa shape index (κ1) is 20.3. The van der Waals surface area contributed by atoms with Crippen LogP contribution < -0.4 is 4.90 Å². The molecule has 1 aliphatic heterocycles. The van der Waals surface area contributed by atoms with Gasteiger partial charge in [0.2, 0.25) is 0 Å². The Hall–Kier alpha value is -2.48. The van der Waals surface area contributed by atoms with Crippen molar-refractivity contribution in [2.45, 2.75) is 19.2 Å². The first-order valence-corrected chi connectivity index (χ1v) is 9.15. The summed E-state index contributed by atoms with van der Waals surface area (Å²) in [4.78, 5) is 13.5. The zero-order valence-corrected chi connectivity index (χ0v) is 16.7. The molecule has 0 saturated carbocycles. The summed E-state index contributed by atoms with van der Waals surface area (Å²) >= 11 is 0. The van der Waals surface area contributed by atoms with Crippen molar-refractivity contribution < 1.29 is 5.11 Å². The summed E-state index contributed by atoms with van der Waals surface area (Å²) in [6.45, 7) is 3.60. The summed E-state index contributed by atoms with van der Waals surface area (Å²) in [6, 6.07) is 8.46. The maximum Gasteiger partial charge on any atom is 0.147 e. The maximum atomic E-state index is 9.34. The monoisotopic (exact) mass is 400 g/mol. The van der Waals surface area contributed by atoms with Gasteiger partial charge >= 0.3 is 0 Å². The van der Waals surface area contributed by atoms with Gasteiger partial charge in [-0.25, -0.2) is 4.98 Å². The van der Waals surface area contributed by atoms with Crippen molar-refractivity contribution in [3.8, 4) is 0 Å². The standard InChI is InChI=1S/C20H24N6O.ClH/c1-24-12-17(10-23-24)13-25-8-9-26(20-11-21-6-7-22-20)14-19(25)18-4-2-16(15-27)3-5-18;/h2-7,10-12,19,27H,8-9,13-15H2,1H3;1H. The lowest BCUT2D eigenvalue weighted by molar-refractivity contribution is 0.168. The smallest absolute Gasteiger partial charge is 0.147 e. The van der Waals surface area contributed by atoms with E-state index in [9.17, 15) is 5.11 Å². The van der Waals surface area contributed by atoms with Crippen molar-refractivity contribution in [2.24, 2.45) is 7.05 Å². The molecule has 1 unspecified atom stereocenters. The molecule has 0 spiro atoms. The van der Waals surface area contributed by atoms with E-state index in [0.717, 1.165) is 37.6 Å². The maximum absolute atomic E-state index is 9.34. The third-order valence-corrected chi connectivity index (χ3v) is 5.06. The number of rotatable bonds is 5. The van der Waals surface area contributed by atoms with Crippen molar-refractivity contribution in [2.75, 3.05) is 24.5 Å². The fourth-order valence-corrected chi connectivity index (χ4v) is 3.62. The van der Waals surface area contributed by atoms with Crippen LogP contribution in [0.15, 0.2) is 55.2 Å². The third-order valence-electron chi connectivity index (χ3n) is 5.06. The summed E-state index contributed by atoms with van der Waals surface area (Å²) in [5.41, 5.74) is 3.38. The number of halogens is 1. The van der Waals surface area contributed by atoms with Crippen LogP contribution in [0.4, 0.5) is 5.82 Å². The van der Waals surface area contributed by atoms with Crippen LogP contribution in [-0.4, -0.2) is 49.4 Å². The van der Waals surface area contributed by atoms with Crippen LogP contribution >= 0.6 is 12.4 Å². The molecular formula is C20H25ClN6O. The van der Waals surface area contributed by atoms with Gasteiger partial charge in [0.25, 0.3) is 0 Å². The van der Waals surface area contributed by atoms with Crippen LogP contribution in [0.25, 0.3) is 0 Å². The lowest BCUT2D eigenvalue weighted by Crippen LogP contribution is -2.48. The highest BCUT2D eigenvalue weighted by Crippen LogP contribution is 2.29. The van der Waals surface area contributed by atoms with E-state index in [1.54, 1.807) is 12.4 Å². The van der Waals surface area contributed by atoms with E-state index in [-0.39, 0.29) is 25.1 Å². The SMILES string of the molecule is Cl.Cn1cc(CN2CCN(c3cnccn3)CC2c2ccc(CO)cc2)cn1. The number of piperazine rings is 1. The van der Waals surface area contributed by atoms with Crippen LogP contribution in [0.1, 0.15) is 22.7 Å². The molecule has 1 atom stereocenters. The molecule has 2 aromatic heterocycles. The van der Waals surface area contributed by atoms with E-state index in [1.165, 1.54) is 11.1 Å². The Bertz CT molecular complexity index is 870. The highest BCUT2D eigenvalue weighted by molar-refractivity contribution is 5.85. The molecular weight excluding hydrogens is 376 g/mol. The summed E-state index contributed by atoms with van der Waals surface area (Å²) < 4.78 is 1.84. The van der Waals surface area contributed by atoms with E-state index in [4.69, 9.17) is 0 Å². The molecule has 1 aromatic carbocycles. The summed E-state index contributed by atoms with van der Waals surface area (Å²) in [6.07, 6.45) is 9.26. The van der Waals surface area contributed by atoms with Gasteiger partial charge in [0.05, 0.1) is 25.0 Å². The third kappa shape index (κ3) is 4.49. The normalized spacial score (nSPS) is 17.4. The molecule has 4 rings (SSSR count). The molecule has 1 N–H and O–H groups in total. The number of aliphatic hydroxyl groups excluding tert-OH is 1. The van der Waals surface area contributed by atoms with Crippen molar-refractivity contribution in [3.63, 3.8) is 0 Å². The van der Waals surface area contributed by atoms with Gasteiger partial charge in [-0.1, -0.05) is 24.3 Å². The molecule has 3 heterocycles. The molecule has 0 amide bonds. The molecule has 3 aromatic rings. The number of aryl methyl sites for hydroxylation is 1. The zero-order chi connectivity index (χ0) is 18.6. The van der Waals surface area contributed by atoms with Crippen molar-refractivity contribution in [1.29, 1.82) is 0 Å². The fourth-order valence-electron chi connectivity index (χ4n) is 3.62. The second-order valence-corrected chi connectivity index (χ2v) is 6.92. The minimum absolute atomic E-state index is 0. The summed E-state index contributed by atoms with van der Waals surface area (Å²) in [5, 5.41) is 13.6. The van der Waals surface area contributed by atoms with Crippen LogP contribution in [0, 0.1) is 0 Å². The minimum Gasteiger partial charge on any atom is -0.392 e. The summed E-state index contributed by atoms with van der Waals surface area (Å²) in [7, 11) is 1.95. The Morgan fingerprint density at radius 1 is 1.07 bits per heavy atom. The van der Waals surface area contributed by atoms with E-state index < -0.39 is 0 Å². The first-order chi connectivity index (χ1) is 13.2. The van der Waals surface area contributed by atoms with Gasteiger partial charge in [0.15, 0.2) is 0 Å². The predicted molar refractivity (Wildman–Crippen MR) is 110 cm³/mol. The van der Waals surface area contributed by atoms with Crippen molar-refractivity contribution in [1.82, 2.24) is 24.6 Å². The van der Waals surface area contributed by atoms with Crippen LogP contribution in [0.2, 0.25) is 0 Å². The van der Waals surface area contributed by atoms with E-state index in [0.29, 0.717) is 0 Å². The van der Waals surface area contributed by atoms with Gasteiger partial charge in [0.1, 0.15) is 5.82 Å². The van der Waals surface area contributed by atoms with E-state index in [2.05, 4.69) is 43.2 Å². The largest absolute Gasteiger partial charge is 0.392 e. The number of benzene rings is 1. The summed E-state index contributed by atoms with van der Waals surface area (Å²) in [5.74, 6) is 0.913. The van der Waals surface area contributed by atoms with Gasteiger partial charge in [-0.05, 0) is 11.1 Å². The quantitative estimate of drug-likeness (QED) is 0.708. The predicted octanol–water partition coefficient (Wildman–Crippen LogP) is 2.19. The average Bonchev–Trinajstić information content (AvgIpc) is 3.14. The lowest BCUT2D eigenvalue weighted by Gasteiger charge is -2.42. The minimum atomic E-state index is 0. The Labute approximate surface area is 171 Å². The first-order valence-electron chi connectivity index (χ1n) is 9.15. The Balaban J connectivity index is 0.00000225. The molecule has 0 bridgehead atoms. The van der Waals surface area contributed by atoms with Crippen LogP contribution in [0.5, 0.6) is 0 Å². The fraction of sp³-hybridized carbons (Fsp3) is 0.350. The number of nitrogens with zero attached hydrogens (tertiary/aromatic N) is 6. The second kappa shape index (κ2) is 9.14. The van der Waals surface area contributed by atoms with E-state index >= 15 is 0 Å². The number of aromatic nitrogens is 4. The molecule has 1 fully saturated rings. The molecule has 0 radical (unpaired) electrons. The molecule has 28 heavy (non-hydrogen) atoms. The molecule has 148 valence electrons. The van der Waals surface area contributed by atoms with Gasteiger partial charge in [-0.3, -0.25) is 14.6 Å². The number of aliphatic hydroxyl groups is 1. The number of anilines is 1. The lowest BCUT2D eigenvalue weighted by atomic mass is 10.00. The van der Waals surface area contributed by atoms with Crippen LogP contribution in [0.3, 0.4) is 0 Å². The average molecular weight is 401 g/mol. The Morgan fingerprint density at radius 2 is 1.89 bits per heavy atom. The van der Waals surface area contributed by atoms with Crippen molar-refractivity contribution >= 4 is 18.2 Å². The molecule has 0 aliphatic carbocycles. The van der Waals surface area contributed by atoms with Crippen molar-refractivity contribution in [3.05, 3.63) is 71.9 Å². The zero-order valence-electron chi connectivity index (χ0n) is 15.8. The molecule has 1 saturated heterocycles. The van der Waals surface area contributed by atoms with Crippen LogP contribution in [-0.2, 0) is 20.2 Å². The molecule has 8 heteroatoms. The second-order valence-electron chi connectivity index (χ2n) is 6.92. The molecule has 1 aliphatic rings. The van der Waals surface area contributed by atoms with E-state index in [1.807, 2.05) is 36.3 Å². The highest BCUT2D eigenvalue weighted by Gasteiger charge is 2.29. The van der Waals surface area contributed by atoms with Gasteiger partial charge in [0, 0.05) is 57.4 Å². The number of hydrogen-bond acceptors (Lipinski definition) is 6. The van der Waals surface area contributed by atoms with Gasteiger partial charge in [-0.2, -0.15) is 5.10 Å². The highest BCUT2D eigenvalue weighted by atomic mass is 35.5. The topological polar surface area (TPSA) is 70.3 Å². The van der Waals surface area contributed by atoms with Gasteiger partial charge < -0.3 is 10.0 Å². The Kier molecular flexibility index (Phi) is 6.61. The molecule has 7 nitrogen and oxygen atoms in total. The van der Waals surface area contributed by atoms with Gasteiger partial charge in [-0.15, -0.1) is 12.4 Å².